The normalized spacial score (nSPS) is 15.3. The molecule has 4 nitrogen and oxygen atoms in total. The van der Waals surface area contributed by atoms with Crippen LogP contribution in [0.3, 0.4) is 0 Å². The lowest BCUT2D eigenvalue weighted by molar-refractivity contribution is 0.435. The number of hydrogen-bond donors (Lipinski definition) is 2. The van der Waals surface area contributed by atoms with E-state index >= 15 is 0 Å². The van der Waals surface area contributed by atoms with E-state index in [9.17, 15) is 0 Å². The van der Waals surface area contributed by atoms with E-state index in [4.69, 9.17) is 10.4 Å². The molecule has 268 valence electrons. The minimum absolute atomic E-state index is 0.000924. The summed E-state index contributed by atoms with van der Waals surface area (Å²) in [6.07, 6.45) is 2.28. The molecule has 2 heterocycles. The topological polar surface area (TPSA) is 51.5 Å². The Bertz CT molecular complexity index is 2510. The molecule has 0 aliphatic carbocycles. The van der Waals surface area contributed by atoms with E-state index in [0.717, 1.165) is 28.2 Å². The first kappa shape index (κ1) is 35.7. The van der Waals surface area contributed by atoms with Crippen molar-refractivity contribution in [3.63, 3.8) is 0 Å². The smallest absolute Gasteiger partial charge is 0.137 e. The summed E-state index contributed by atoms with van der Waals surface area (Å²) in [5, 5.41) is 15.3. The maximum Gasteiger partial charge on any atom is 0.137 e. The summed E-state index contributed by atoms with van der Waals surface area (Å²) in [6.45, 7) is 6.26. The van der Waals surface area contributed by atoms with Crippen molar-refractivity contribution in [2.24, 2.45) is 10.4 Å². The molecule has 54 heavy (non-hydrogen) atoms. The van der Waals surface area contributed by atoms with Crippen LogP contribution in [0.4, 0.5) is 0 Å². The molecule has 0 radical (unpaired) electrons. The Hall–Kier alpha value is -5.27. The molecule has 1 aliphatic rings. The first-order valence-corrected chi connectivity index (χ1v) is 20.1. The molecular formula is C48H44N4S2. The van der Waals surface area contributed by atoms with Gasteiger partial charge >= 0.3 is 0 Å². The van der Waals surface area contributed by atoms with Crippen LogP contribution < -0.4 is 5.32 Å². The van der Waals surface area contributed by atoms with Gasteiger partial charge in [0.1, 0.15) is 5.84 Å². The van der Waals surface area contributed by atoms with Crippen LogP contribution >= 0.6 is 23.1 Å². The van der Waals surface area contributed by atoms with E-state index in [2.05, 4.69) is 184 Å². The zero-order chi connectivity index (χ0) is 37.4. The van der Waals surface area contributed by atoms with Gasteiger partial charge in [0.05, 0.1) is 22.2 Å². The third-order valence-corrected chi connectivity index (χ3v) is 13.0. The zero-order valence-electron chi connectivity index (χ0n) is 31.3. The largest absolute Gasteiger partial charge is 0.349 e. The van der Waals surface area contributed by atoms with Crippen LogP contribution in [0.25, 0.3) is 48.1 Å². The van der Waals surface area contributed by atoms with Crippen molar-refractivity contribution < 1.29 is 0 Å². The van der Waals surface area contributed by atoms with Crippen molar-refractivity contribution in [1.82, 2.24) is 10.2 Å². The predicted molar refractivity (Wildman–Crippen MR) is 235 cm³/mol. The molecular weight excluding hydrogens is 697 g/mol. The number of amidine groups is 1. The van der Waals surface area contributed by atoms with E-state index in [1.54, 1.807) is 11.8 Å². The molecule has 2 unspecified atom stereocenters. The number of fused-ring (bicyclic) bond motifs is 3. The Balaban J connectivity index is 1.07. The quantitative estimate of drug-likeness (QED) is 0.0927. The van der Waals surface area contributed by atoms with Gasteiger partial charge in [-0.05, 0) is 58.1 Å². The van der Waals surface area contributed by atoms with Crippen molar-refractivity contribution in [1.29, 1.82) is 5.41 Å². The molecule has 1 aromatic heterocycles. The van der Waals surface area contributed by atoms with Crippen molar-refractivity contribution in [3.8, 4) is 22.3 Å². The van der Waals surface area contributed by atoms with Gasteiger partial charge in [-0.15, -0.1) is 11.3 Å². The lowest BCUT2D eigenvalue weighted by Crippen LogP contribution is -2.33. The van der Waals surface area contributed by atoms with Crippen LogP contribution in [0.1, 0.15) is 54.4 Å². The van der Waals surface area contributed by atoms with E-state index in [0.29, 0.717) is 5.04 Å². The highest BCUT2D eigenvalue weighted by molar-refractivity contribution is 8.14. The number of hydrogen-bond acceptors (Lipinski definition) is 6. The van der Waals surface area contributed by atoms with Crippen LogP contribution in [-0.4, -0.2) is 29.9 Å². The maximum absolute atomic E-state index is 8.59. The number of likely N-dealkylation sites (N-methyl/N-ethyl adjacent to an activating group) is 1. The highest BCUT2D eigenvalue weighted by Crippen LogP contribution is 2.41. The molecule has 0 fully saturated rings. The number of nitrogens with one attached hydrogen (secondary N) is 2. The van der Waals surface area contributed by atoms with Crippen LogP contribution in [0.2, 0.25) is 0 Å². The summed E-state index contributed by atoms with van der Waals surface area (Å²) in [4.78, 5) is 7.51. The van der Waals surface area contributed by atoms with Crippen LogP contribution in [0.5, 0.6) is 0 Å². The molecule has 6 aromatic carbocycles. The van der Waals surface area contributed by atoms with Crippen LogP contribution in [-0.2, 0) is 0 Å². The summed E-state index contributed by atoms with van der Waals surface area (Å²) in [7, 11) is 4.09. The average Bonchev–Trinajstić information content (AvgIpc) is 3.59. The number of nitrogens with zero attached hydrogens (tertiary/aromatic N) is 2. The summed E-state index contributed by atoms with van der Waals surface area (Å²) < 4.78 is 2.67. The van der Waals surface area contributed by atoms with Gasteiger partial charge in [-0.1, -0.05) is 172 Å². The molecule has 1 aliphatic heterocycles. The standard InChI is InChI=1S/C48H44N4S2/c1-48(2,3)47(49)54-46(50-4)37-28-24-34(25-29-37)41-30-42(52(5)45(51-41)36-12-7-6-8-13-36)35-26-20-32(21-27-35)31-18-22-33(23-19-31)38-15-11-16-40-39-14-9-10-17-43(39)53-44(38)40/h6-30,42,46,49-50H,1-5H3. The summed E-state index contributed by atoms with van der Waals surface area (Å²) >= 11 is 3.44. The number of benzene rings is 6. The first-order chi connectivity index (χ1) is 26.2. The molecule has 6 heteroatoms. The lowest BCUT2D eigenvalue weighted by atomic mass is 9.95. The summed E-state index contributed by atoms with van der Waals surface area (Å²) in [5.74, 6) is 0.942. The fourth-order valence-corrected chi connectivity index (χ4v) is 9.30. The highest BCUT2D eigenvalue weighted by Gasteiger charge is 2.26. The monoisotopic (exact) mass is 740 g/mol. The van der Waals surface area contributed by atoms with E-state index in [1.165, 1.54) is 48.0 Å². The third-order valence-electron chi connectivity index (χ3n) is 10.2. The van der Waals surface area contributed by atoms with Gasteiger partial charge in [0, 0.05) is 38.2 Å². The number of thioether (sulfide) groups is 1. The van der Waals surface area contributed by atoms with Gasteiger partial charge < -0.3 is 10.2 Å². The Labute approximate surface area is 326 Å². The minimum atomic E-state index is -0.185. The van der Waals surface area contributed by atoms with Gasteiger partial charge in [0.2, 0.25) is 0 Å². The number of aliphatic imine (C=N–C) groups is 1. The van der Waals surface area contributed by atoms with Gasteiger partial charge in [-0.25, -0.2) is 4.99 Å². The zero-order valence-corrected chi connectivity index (χ0v) is 32.9. The van der Waals surface area contributed by atoms with Crippen LogP contribution in [0, 0.1) is 10.8 Å². The molecule has 0 bridgehead atoms. The molecule has 0 saturated heterocycles. The maximum atomic E-state index is 8.59. The Kier molecular flexibility index (Phi) is 9.84. The van der Waals surface area contributed by atoms with Gasteiger partial charge in [-0.3, -0.25) is 5.41 Å². The minimum Gasteiger partial charge on any atom is -0.349 e. The molecule has 0 saturated carbocycles. The predicted octanol–water partition coefficient (Wildman–Crippen LogP) is 12.8. The molecule has 2 N–H and O–H groups in total. The summed E-state index contributed by atoms with van der Waals surface area (Å²) in [6, 6.07) is 52.4. The van der Waals surface area contributed by atoms with E-state index in [-0.39, 0.29) is 16.8 Å². The molecule has 8 rings (SSSR count). The second kappa shape index (κ2) is 14.9. The SMILES string of the molecule is CNC(SC(=N)C(C)(C)C)c1ccc(C2=CC(c3ccc(-c4ccc(-c5cccc6c5sc5ccccc56)cc4)cc3)N(C)C(c3ccccc3)=N2)cc1. The number of rotatable bonds is 8. The van der Waals surface area contributed by atoms with Crippen molar-refractivity contribution in [2.45, 2.75) is 32.2 Å². The molecule has 0 spiro atoms. The van der Waals surface area contributed by atoms with Crippen LogP contribution in [0.15, 0.2) is 157 Å². The van der Waals surface area contributed by atoms with Gasteiger partial charge in [0.15, 0.2) is 0 Å². The highest BCUT2D eigenvalue weighted by atomic mass is 32.2. The Morgan fingerprint density at radius 3 is 2.00 bits per heavy atom. The van der Waals surface area contributed by atoms with E-state index < -0.39 is 0 Å². The van der Waals surface area contributed by atoms with Crippen molar-refractivity contribution >= 4 is 59.8 Å². The van der Waals surface area contributed by atoms with Gasteiger partial charge in [-0.2, -0.15) is 0 Å². The fraction of sp³-hybridized carbons (Fsp3) is 0.167. The second-order valence-corrected chi connectivity index (χ2v) is 17.0. The third kappa shape index (κ3) is 7.05. The molecule has 0 amide bonds. The number of thiophene rings is 1. The lowest BCUT2D eigenvalue weighted by Gasteiger charge is -2.33. The van der Waals surface area contributed by atoms with Crippen molar-refractivity contribution in [3.05, 3.63) is 174 Å². The molecule has 2 atom stereocenters. The van der Waals surface area contributed by atoms with E-state index in [1.807, 2.05) is 24.5 Å². The first-order valence-electron chi connectivity index (χ1n) is 18.4. The molecule has 7 aromatic rings. The average molecular weight is 741 g/mol. The van der Waals surface area contributed by atoms with Gasteiger partial charge in [0.25, 0.3) is 0 Å². The second-order valence-electron chi connectivity index (χ2n) is 14.9. The Morgan fingerprint density at radius 2 is 1.31 bits per heavy atom. The van der Waals surface area contributed by atoms with Crippen molar-refractivity contribution in [2.75, 3.05) is 14.1 Å². The fourth-order valence-electron chi connectivity index (χ4n) is 7.07. The summed E-state index contributed by atoms with van der Waals surface area (Å²) in [5.41, 5.74) is 10.2. The Morgan fingerprint density at radius 1 is 0.704 bits per heavy atom.